The first-order valence-corrected chi connectivity index (χ1v) is 7.20. The zero-order chi connectivity index (χ0) is 15.4. The molecule has 0 aromatic heterocycles. The van der Waals surface area contributed by atoms with E-state index in [-0.39, 0.29) is 25.2 Å². The molecule has 0 saturated carbocycles. The van der Waals surface area contributed by atoms with E-state index in [1.165, 1.54) is 0 Å². The van der Waals surface area contributed by atoms with Crippen molar-refractivity contribution >= 4 is 23.5 Å². The fourth-order valence-electron chi connectivity index (χ4n) is 2.13. The van der Waals surface area contributed by atoms with Crippen LogP contribution in [0.4, 0.5) is 0 Å². The first-order chi connectivity index (χ1) is 9.95. The van der Waals surface area contributed by atoms with Gasteiger partial charge in [-0.15, -0.1) is 0 Å². The Morgan fingerprint density at radius 3 is 2.95 bits per heavy atom. The smallest absolute Gasteiger partial charge is 0.313 e. The fourth-order valence-corrected chi connectivity index (χ4v) is 2.33. The number of carbonyl (C=O) groups is 2. The predicted molar refractivity (Wildman–Crippen MR) is 78.4 cm³/mol. The zero-order valence-corrected chi connectivity index (χ0v) is 12.8. The molecule has 1 heterocycles. The molecule has 5 nitrogen and oxygen atoms in total. The van der Waals surface area contributed by atoms with Gasteiger partial charge in [-0.3, -0.25) is 9.59 Å². The van der Waals surface area contributed by atoms with E-state index in [0.717, 1.165) is 11.3 Å². The summed E-state index contributed by atoms with van der Waals surface area (Å²) < 4.78 is 10.5. The molecule has 1 aromatic carbocycles. The Morgan fingerprint density at radius 1 is 1.48 bits per heavy atom. The summed E-state index contributed by atoms with van der Waals surface area (Å²) in [4.78, 5) is 23.4. The molecular formula is C15H18ClNO4. The average molecular weight is 312 g/mol. The Labute approximate surface area is 128 Å². The summed E-state index contributed by atoms with van der Waals surface area (Å²) in [5, 5.41) is 3.26. The molecule has 0 saturated heterocycles. The summed E-state index contributed by atoms with van der Waals surface area (Å²) in [6, 6.07) is 5.33. The lowest BCUT2D eigenvalue weighted by molar-refractivity contribution is -0.154. The van der Waals surface area contributed by atoms with Gasteiger partial charge in [-0.05, 0) is 44.0 Å². The van der Waals surface area contributed by atoms with Gasteiger partial charge < -0.3 is 14.8 Å². The monoisotopic (exact) mass is 311 g/mol. The van der Waals surface area contributed by atoms with Crippen molar-refractivity contribution in [3.63, 3.8) is 0 Å². The Kier molecular flexibility index (Phi) is 5.07. The van der Waals surface area contributed by atoms with Crippen molar-refractivity contribution in [2.75, 3.05) is 13.2 Å². The molecular weight excluding hydrogens is 294 g/mol. The van der Waals surface area contributed by atoms with Gasteiger partial charge in [-0.1, -0.05) is 11.6 Å². The Morgan fingerprint density at radius 2 is 2.24 bits per heavy atom. The van der Waals surface area contributed by atoms with Gasteiger partial charge in [0.2, 0.25) is 0 Å². The van der Waals surface area contributed by atoms with E-state index in [1.807, 2.05) is 13.8 Å². The Hall–Kier alpha value is -1.75. The molecule has 0 unspecified atom stereocenters. The number of ether oxygens (including phenoxy) is 2. The van der Waals surface area contributed by atoms with Gasteiger partial charge in [0.15, 0.2) is 6.61 Å². The molecule has 6 heteroatoms. The Balaban J connectivity index is 1.89. The SMILES string of the molecule is CC(C)NC(=O)COC(=O)[C@@H]1COc2ccc(Cl)cc2C1. The van der Waals surface area contributed by atoms with Crippen molar-refractivity contribution in [2.45, 2.75) is 26.3 Å². The summed E-state index contributed by atoms with van der Waals surface area (Å²) in [6.45, 7) is 3.67. The zero-order valence-electron chi connectivity index (χ0n) is 12.0. The van der Waals surface area contributed by atoms with Gasteiger partial charge in [-0.25, -0.2) is 0 Å². The van der Waals surface area contributed by atoms with Gasteiger partial charge in [-0.2, -0.15) is 0 Å². The van der Waals surface area contributed by atoms with Crippen LogP contribution in [-0.2, 0) is 20.7 Å². The summed E-state index contributed by atoms with van der Waals surface area (Å²) in [7, 11) is 0. The highest BCUT2D eigenvalue weighted by atomic mass is 35.5. The maximum atomic E-state index is 12.0. The maximum Gasteiger partial charge on any atom is 0.313 e. The van der Waals surface area contributed by atoms with Crippen LogP contribution in [0.3, 0.4) is 0 Å². The van der Waals surface area contributed by atoms with Crippen LogP contribution in [-0.4, -0.2) is 31.1 Å². The fraction of sp³-hybridized carbons (Fsp3) is 0.467. The molecule has 21 heavy (non-hydrogen) atoms. The number of fused-ring (bicyclic) bond motifs is 1. The van der Waals surface area contributed by atoms with Crippen molar-refractivity contribution in [1.82, 2.24) is 5.32 Å². The van der Waals surface area contributed by atoms with E-state index < -0.39 is 11.9 Å². The molecule has 1 atom stereocenters. The minimum atomic E-state index is -0.431. The van der Waals surface area contributed by atoms with E-state index in [0.29, 0.717) is 11.4 Å². The number of rotatable bonds is 4. The number of hydrogen-bond acceptors (Lipinski definition) is 4. The number of benzene rings is 1. The standard InChI is InChI=1S/C15H18ClNO4/c1-9(2)17-14(18)8-21-15(19)11-5-10-6-12(16)3-4-13(10)20-7-11/h3-4,6,9,11H,5,7-8H2,1-2H3,(H,17,18)/t11-/m0/s1. The van der Waals surface area contributed by atoms with Crippen LogP contribution in [0.15, 0.2) is 18.2 Å². The highest BCUT2D eigenvalue weighted by Crippen LogP contribution is 2.30. The van der Waals surface area contributed by atoms with Crippen LogP contribution in [0, 0.1) is 5.92 Å². The molecule has 0 spiro atoms. The summed E-state index contributed by atoms with van der Waals surface area (Å²) in [6.07, 6.45) is 0.501. The third-order valence-electron chi connectivity index (χ3n) is 3.06. The van der Waals surface area contributed by atoms with Crippen LogP contribution in [0.1, 0.15) is 19.4 Å². The summed E-state index contributed by atoms with van der Waals surface area (Å²) in [5.74, 6) is -0.415. The van der Waals surface area contributed by atoms with Crippen LogP contribution >= 0.6 is 11.6 Å². The van der Waals surface area contributed by atoms with Crippen LogP contribution in [0.2, 0.25) is 5.02 Å². The lowest BCUT2D eigenvalue weighted by Gasteiger charge is -2.24. The average Bonchev–Trinajstić information content (AvgIpc) is 2.43. The first kappa shape index (κ1) is 15.6. The van der Waals surface area contributed by atoms with E-state index in [1.54, 1.807) is 18.2 Å². The number of amides is 1. The summed E-state index contributed by atoms with van der Waals surface area (Å²) in [5.41, 5.74) is 0.877. The van der Waals surface area contributed by atoms with E-state index in [9.17, 15) is 9.59 Å². The second-order valence-electron chi connectivity index (χ2n) is 5.29. The van der Waals surface area contributed by atoms with Gasteiger partial charge in [0.25, 0.3) is 5.91 Å². The maximum absolute atomic E-state index is 12.0. The molecule has 0 radical (unpaired) electrons. The van der Waals surface area contributed by atoms with E-state index >= 15 is 0 Å². The topological polar surface area (TPSA) is 64.6 Å². The molecule has 1 aliphatic heterocycles. The predicted octanol–water partition coefficient (Wildman–Crippen LogP) is 1.96. The highest BCUT2D eigenvalue weighted by Gasteiger charge is 2.27. The largest absolute Gasteiger partial charge is 0.492 e. The first-order valence-electron chi connectivity index (χ1n) is 6.83. The minimum absolute atomic E-state index is 0.0169. The lowest BCUT2D eigenvalue weighted by Crippen LogP contribution is -2.36. The Bertz CT molecular complexity index is 544. The summed E-state index contributed by atoms with van der Waals surface area (Å²) >= 11 is 5.93. The minimum Gasteiger partial charge on any atom is -0.492 e. The molecule has 1 aliphatic rings. The van der Waals surface area contributed by atoms with Crippen molar-refractivity contribution < 1.29 is 19.1 Å². The van der Waals surface area contributed by atoms with Crippen LogP contribution in [0.5, 0.6) is 5.75 Å². The van der Waals surface area contributed by atoms with Crippen molar-refractivity contribution in [2.24, 2.45) is 5.92 Å². The quantitative estimate of drug-likeness (QED) is 0.863. The number of esters is 1. The molecule has 0 fully saturated rings. The van der Waals surface area contributed by atoms with E-state index in [2.05, 4.69) is 5.32 Å². The highest BCUT2D eigenvalue weighted by molar-refractivity contribution is 6.30. The van der Waals surface area contributed by atoms with Crippen LogP contribution in [0.25, 0.3) is 0 Å². The number of nitrogens with one attached hydrogen (secondary N) is 1. The molecule has 1 aromatic rings. The van der Waals surface area contributed by atoms with E-state index in [4.69, 9.17) is 21.1 Å². The molecule has 0 aliphatic carbocycles. The third-order valence-corrected chi connectivity index (χ3v) is 3.29. The number of carbonyl (C=O) groups excluding carboxylic acids is 2. The third kappa shape index (κ3) is 4.36. The van der Waals surface area contributed by atoms with Crippen molar-refractivity contribution in [3.05, 3.63) is 28.8 Å². The molecule has 114 valence electrons. The second-order valence-corrected chi connectivity index (χ2v) is 5.73. The van der Waals surface area contributed by atoms with Gasteiger partial charge >= 0.3 is 5.97 Å². The second kappa shape index (κ2) is 6.80. The molecule has 1 N–H and O–H groups in total. The van der Waals surface area contributed by atoms with Gasteiger partial charge in [0.1, 0.15) is 12.4 Å². The van der Waals surface area contributed by atoms with Gasteiger partial charge in [0.05, 0.1) is 5.92 Å². The van der Waals surface area contributed by atoms with Gasteiger partial charge in [0, 0.05) is 11.1 Å². The molecule has 0 bridgehead atoms. The normalized spacial score (nSPS) is 16.9. The number of halogens is 1. The van der Waals surface area contributed by atoms with Crippen LogP contribution < -0.4 is 10.1 Å². The number of hydrogen-bond donors (Lipinski definition) is 1. The molecule has 1 amide bonds. The van der Waals surface area contributed by atoms with Crippen molar-refractivity contribution in [3.8, 4) is 5.75 Å². The molecule has 2 rings (SSSR count). The lowest BCUT2D eigenvalue weighted by atomic mass is 9.97. The van der Waals surface area contributed by atoms with Crippen molar-refractivity contribution in [1.29, 1.82) is 0 Å².